The highest BCUT2D eigenvalue weighted by Gasteiger charge is 1.95. The summed E-state index contributed by atoms with van der Waals surface area (Å²) in [6.07, 6.45) is 11.2. The van der Waals surface area contributed by atoms with Crippen molar-refractivity contribution in [3.63, 3.8) is 0 Å². The first kappa shape index (κ1) is 33.3. The molecule has 0 spiro atoms. The Labute approximate surface area is 209 Å². The minimum Gasteiger partial charge on any atom is -1.00 e. The number of quaternary nitrogens is 2. The molecule has 0 fully saturated rings. The van der Waals surface area contributed by atoms with Gasteiger partial charge in [-0.3, -0.25) is 0 Å². The van der Waals surface area contributed by atoms with Crippen LogP contribution in [0.25, 0.3) is 0 Å². The molecule has 0 aliphatic carbocycles. The number of hydrogen-bond acceptors (Lipinski definition) is 2. The van der Waals surface area contributed by atoms with Crippen molar-refractivity contribution in [2.75, 3.05) is 28.2 Å². The van der Waals surface area contributed by atoms with Gasteiger partial charge in [0, 0.05) is 5.97 Å². The fourth-order valence-electron chi connectivity index (χ4n) is 3.12. The summed E-state index contributed by atoms with van der Waals surface area (Å²) in [5, 5.41) is 10.1. The van der Waals surface area contributed by atoms with Gasteiger partial charge in [-0.15, -0.1) is 0 Å². The molecule has 0 saturated heterocycles. The van der Waals surface area contributed by atoms with Gasteiger partial charge in [-0.25, -0.2) is 0 Å². The van der Waals surface area contributed by atoms with Gasteiger partial charge >= 0.3 is 0 Å². The minimum atomic E-state index is -0.909. The molecule has 0 bridgehead atoms. The number of nitrogens with one attached hydrogen (secondary N) is 2. The van der Waals surface area contributed by atoms with E-state index in [-0.39, 0.29) is 18.8 Å². The lowest BCUT2D eigenvalue weighted by molar-refractivity contribution is -0.786. The normalized spacial score (nSPS) is 9.91. The third-order valence-electron chi connectivity index (χ3n) is 5.19. The van der Waals surface area contributed by atoms with E-state index in [9.17, 15) is 9.90 Å². The van der Waals surface area contributed by atoms with Crippen LogP contribution in [0, 0.1) is 0 Å². The second kappa shape index (κ2) is 23.3. The monoisotopic (exact) mass is 478 g/mol. The highest BCUT2D eigenvalue weighted by molar-refractivity contribution is 5.64. The fourth-order valence-corrected chi connectivity index (χ4v) is 3.12. The van der Waals surface area contributed by atoms with Gasteiger partial charge in [-0.1, -0.05) is 94.7 Å². The fraction of sp³-hybridized carbons (Fsp3) is 0.536. The number of carbonyl (C=O) groups excluding carboxylic acids is 1. The zero-order chi connectivity index (χ0) is 24.0. The Bertz CT molecular complexity index is 621. The smallest absolute Gasteiger partial charge is 0.130 e. The van der Waals surface area contributed by atoms with Crippen LogP contribution in [0.3, 0.4) is 0 Å². The van der Waals surface area contributed by atoms with E-state index < -0.39 is 5.97 Å². The Balaban J connectivity index is 0. The highest BCUT2D eigenvalue weighted by Crippen LogP contribution is 2.10. The molecule has 0 aromatic heterocycles. The molecule has 2 aromatic rings. The molecule has 188 valence electrons. The summed E-state index contributed by atoms with van der Waals surface area (Å²) < 4.78 is 0. The van der Waals surface area contributed by atoms with E-state index in [0.29, 0.717) is 0 Å². The number of carboxylic acid groups (broad SMARTS) is 1. The molecule has 0 aliphatic rings. The number of benzene rings is 2. The number of para-hydroxylation sites is 2. The van der Waals surface area contributed by atoms with Crippen LogP contribution in [-0.4, -0.2) is 34.2 Å². The summed E-state index contributed by atoms with van der Waals surface area (Å²) in [6.45, 7) is 2.22. The molecule has 0 saturated carbocycles. The summed E-state index contributed by atoms with van der Waals surface area (Å²) in [7, 11) is 8.48. The van der Waals surface area contributed by atoms with Crippen LogP contribution < -0.4 is 27.3 Å². The second-order valence-corrected chi connectivity index (χ2v) is 8.68. The maximum absolute atomic E-state index is 10.1. The maximum atomic E-state index is 10.1. The Morgan fingerprint density at radius 3 is 1.24 bits per heavy atom. The molecule has 4 nitrogen and oxygen atoms in total. The van der Waals surface area contributed by atoms with Crippen molar-refractivity contribution in [2.24, 2.45) is 0 Å². The van der Waals surface area contributed by atoms with Gasteiger partial charge < -0.3 is 32.1 Å². The number of halogens is 1. The van der Waals surface area contributed by atoms with Crippen LogP contribution in [0.1, 0.15) is 71.1 Å². The number of rotatable bonds is 12. The van der Waals surface area contributed by atoms with Crippen molar-refractivity contribution in [1.29, 1.82) is 0 Å². The Morgan fingerprint density at radius 1 is 0.636 bits per heavy atom. The molecule has 0 unspecified atom stereocenters. The van der Waals surface area contributed by atoms with E-state index in [0.717, 1.165) is 12.8 Å². The van der Waals surface area contributed by atoms with Gasteiger partial charge in [-0.05, 0) is 37.1 Å². The van der Waals surface area contributed by atoms with Gasteiger partial charge in [0.15, 0.2) is 0 Å². The first-order chi connectivity index (χ1) is 15.4. The van der Waals surface area contributed by atoms with Crippen LogP contribution in [0.4, 0.5) is 11.4 Å². The highest BCUT2D eigenvalue weighted by atomic mass is 35.5. The molecular formula is C28H47ClN2O2. The van der Waals surface area contributed by atoms with E-state index in [1.165, 1.54) is 66.1 Å². The quantitative estimate of drug-likeness (QED) is 0.438. The summed E-state index contributed by atoms with van der Waals surface area (Å²) in [6, 6.07) is 20.8. The van der Waals surface area contributed by atoms with E-state index in [4.69, 9.17) is 0 Å². The minimum absolute atomic E-state index is 0. The molecule has 0 atom stereocenters. The molecule has 2 aromatic carbocycles. The van der Waals surface area contributed by atoms with Crippen molar-refractivity contribution >= 4 is 17.3 Å². The molecule has 0 aliphatic heterocycles. The van der Waals surface area contributed by atoms with E-state index in [2.05, 4.69) is 83.6 Å². The Morgan fingerprint density at radius 2 is 0.970 bits per heavy atom. The molecule has 0 radical (unpaired) electrons. The van der Waals surface area contributed by atoms with E-state index in [1.807, 2.05) is 12.1 Å². The van der Waals surface area contributed by atoms with Crippen molar-refractivity contribution in [3.8, 4) is 0 Å². The zero-order valence-corrected chi connectivity index (χ0v) is 22.3. The molecular weight excluding hydrogens is 432 g/mol. The predicted molar refractivity (Wildman–Crippen MR) is 135 cm³/mol. The Hall–Kier alpha value is -1.88. The number of unbranched alkanes of at least 4 members (excludes halogenated alkanes) is 8. The molecule has 33 heavy (non-hydrogen) atoms. The molecule has 2 rings (SSSR count). The summed E-state index contributed by atoms with van der Waals surface area (Å²) in [5.41, 5.74) is 2.66. The van der Waals surface area contributed by atoms with Crippen molar-refractivity contribution in [3.05, 3.63) is 60.7 Å². The maximum Gasteiger partial charge on any atom is 0.130 e. The van der Waals surface area contributed by atoms with Gasteiger partial charge in [0.1, 0.15) is 11.4 Å². The van der Waals surface area contributed by atoms with E-state index >= 15 is 0 Å². The van der Waals surface area contributed by atoms with Crippen LogP contribution in [0.15, 0.2) is 60.7 Å². The third-order valence-corrected chi connectivity index (χ3v) is 5.19. The first-order valence-corrected chi connectivity index (χ1v) is 12.3. The SMILES string of the molecule is CCCCCCCCCCCC(=O)[O-].C[NH+](C)c1ccccc1.C[NH+](C)c1ccccc1.[Cl-]. The lowest BCUT2D eigenvalue weighted by atomic mass is 10.1. The van der Waals surface area contributed by atoms with Crippen molar-refractivity contribution < 1.29 is 32.1 Å². The largest absolute Gasteiger partial charge is 1.00 e. The van der Waals surface area contributed by atoms with Gasteiger partial charge in [-0.2, -0.15) is 0 Å². The van der Waals surface area contributed by atoms with Gasteiger partial charge in [0.25, 0.3) is 0 Å². The number of aliphatic carboxylic acids is 1. The predicted octanol–water partition coefficient (Wildman–Crippen LogP) is 0.586. The molecule has 5 heteroatoms. The molecule has 0 heterocycles. The number of carboxylic acids is 1. The third kappa shape index (κ3) is 21.7. The lowest BCUT2D eigenvalue weighted by Gasteiger charge is -2.03. The summed E-state index contributed by atoms with van der Waals surface area (Å²) in [5.74, 6) is -0.909. The lowest BCUT2D eigenvalue weighted by Crippen LogP contribution is -3.00. The summed E-state index contributed by atoms with van der Waals surface area (Å²) in [4.78, 5) is 12.8. The first-order valence-electron chi connectivity index (χ1n) is 12.3. The molecule has 0 amide bonds. The standard InChI is InChI=1S/C12H24O2.2C8H11N.ClH/c1-2-3-4-5-6-7-8-9-10-11-12(13)14;2*1-9(2)8-6-4-3-5-7-8;/h2-11H2,1H3,(H,13,14);2*3-7H,1-2H3;1H. The zero-order valence-electron chi connectivity index (χ0n) is 21.5. The van der Waals surface area contributed by atoms with Crippen LogP contribution in [0.5, 0.6) is 0 Å². The van der Waals surface area contributed by atoms with Gasteiger partial charge in [0.2, 0.25) is 0 Å². The van der Waals surface area contributed by atoms with Crippen LogP contribution in [-0.2, 0) is 4.79 Å². The topological polar surface area (TPSA) is 49.0 Å². The average Bonchev–Trinajstić information content (AvgIpc) is 2.80. The van der Waals surface area contributed by atoms with Crippen molar-refractivity contribution in [2.45, 2.75) is 71.1 Å². The van der Waals surface area contributed by atoms with Gasteiger partial charge in [0.05, 0.1) is 28.2 Å². The van der Waals surface area contributed by atoms with Crippen LogP contribution in [0.2, 0.25) is 0 Å². The average molecular weight is 479 g/mol. The van der Waals surface area contributed by atoms with Crippen LogP contribution >= 0.6 is 0 Å². The number of hydrogen-bond donors (Lipinski definition) is 2. The number of carbonyl (C=O) groups is 1. The Kier molecular flexibility index (Phi) is 23.5. The second-order valence-electron chi connectivity index (χ2n) is 8.68. The summed E-state index contributed by atoms with van der Waals surface area (Å²) >= 11 is 0. The molecule has 2 N–H and O–H groups in total. The van der Waals surface area contributed by atoms with E-state index in [1.54, 1.807) is 0 Å². The van der Waals surface area contributed by atoms with Crippen molar-refractivity contribution in [1.82, 2.24) is 0 Å².